The third kappa shape index (κ3) is 2.93. The summed E-state index contributed by atoms with van der Waals surface area (Å²) in [4.78, 5) is 4.19. The number of hydrogen-bond donors (Lipinski definition) is 1. The molecule has 3 nitrogen and oxygen atoms in total. The molecule has 1 aromatic carbocycles. The molecule has 0 bridgehead atoms. The van der Waals surface area contributed by atoms with Gasteiger partial charge < -0.3 is 5.21 Å². The van der Waals surface area contributed by atoms with Gasteiger partial charge in [-0.1, -0.05) is 17.3 Å². The van der Waals surface area contributed by atoms with Gasteiger partial charge >= 0.3 is 6.18 Å². The van der Waals surface area contributed by atoms with Gasteiger partial charge in [0.2, 0.25) is 0 Å². The van der Waals surface area contributed by atoms with Gasteiger partial charge in [-0.05, 0) is 19.1 Å². The molecule has 0 radical (unpaired) electrons. The third-order valence-electron chi connectivity index (χ3n) is 2.48. The maximum atomic E-state index is 12.4. The number of oxime groups is 1. The lowest BCUT2D eigenvalue weighted by Crippen LogP contribution is -2.04. The summed E-state index contributed by atoms with van der Waals surface area (Å²) < 4.78 is 37.3. The van der Waals surface area contributed by atoms with E-state index in [9.17, 15) is 13.2 Å². The second-order valence-electron chi connectivity index (χ2n) is 3.80. The molecule has 0 saturated heterocycles. The number of benzene rings is 1. The number of thiazole rings is 1. The average molecular weight is 286 g/mol. The molecule has 100 valence electrons. The summed E-state index contributed by atoms with van der Waals surface area (Å²) in [6.07, 6.45) is -4.34. The molecule has 2 rings (SSSR count). The summed E-state index contributed by atoms with van der Waals surface area (Å²) in [6.45, 7) is 1.59. The second kappa shape index (κ2) is 5.00. The molecule has 1 N–H and O–H groups in total. The van der Waals surface area contributed by atoms with E-state index in [1.54, 1.807) is 12.3 Å². The predicted molar refractivity (Wildman–Crippen MR) is 66.5 cm³/mol. The van der Waals surface area contributed by atoms with Crippen molar-refractivity contribution in [2.45, 2.75) is 13.1 Å². The van der Waals surface area contributed by atoms with E-state index in [1.165, 1.54) is 23.5 Å². The van der Waals surface area contributed by atoms with Gasteiger partial charge in [0.25, 0.3) is 0 Å². The summed E-state index contributed by atoms with van der Waals surface area (Å²) in [7, 11) is 0. The monoisotopic (exact) mass is 286 g/mol. The van der Waals surface area contributed by atoms with Crippen molar-refractivity contribution in [1.82, 2.24) is 4.98 Å². The van der Waals surface area contributed by atoms with Gasteiger partial charge in [-0.15, -0.1) is 11.3 Å². The van der Waals surface area contributed by atoms with Crippen molar-refractivity contribution in [3.8, 4) is 10.6 Å². The van der Waals surface area contributed by atoms with Gasteiger partial charge in [-0.25, -0.2) is 4.98 Å². The summed E-state index contributed by atoms with van der Waals surface area (Å²) in [5, 5.41) is 13.9. The molecule has 1 heterocycles. The minimum Gasteiger partial charge on any atom is -0.411 e. The lowest BCUT2D eigenvalue weighted by molar-refractivity contribution is -0.137. The van der Waals surface area contributed by atoms with Crippen molar-refractivity contribution in [3.05, 3.63) is 40.9 Å². The molecule has 1 aromatic heterocycles. The maximum absolute atomic E-state index is 12.4. The van der Waals surface area contributed by atoms with Crippen molar-refractivity contribution < 1.29 is 18.4 Å². The number of alkyl halides is 3. The normalized spacial score (nSPS) is 12.7. The van der Waals surface area contributed by atoms with E-state index in [0.29, 0.717) is 22.0 Å². The Hall–Kier alpha value is -1.89. The van der Waals surface area contributed by atoms with E-state index < -0.39 is 11.7 Å². The lowest BCUT2D eigenvalue weighted by atomic mass is 10.1. The SMILES string of the molecule is C/C(=N\O)c1csc(-c2ccc(C(F)(F)F)cc2)n1. The van der Waals surface area contributed by atoms with Crippen LogP contribution in [0.25, 0.3) is 10.6 Å². The van der Waals surface area contributed by atoms with Crippen LogP contribution in [0.4, 0.5) is 13.2 Å². The fourth-order valence-corrected chi connectivity index (χ4v) is 2.30. The number of aromatic nitrogens is 1. The van der Waals surface area contributed by atoms with Crippen LogP contribution in [-0.2, 0) is 6.18 Å². The lowest BCUT2D eigenvalue weighted by Gasteiger charge is -2.06. The third-order valence-corrected chi connectivity index (χ3v) is 3.38. The molecule has 0 aliphatic heterocycles. The number of rotatable bonds is 2. The Kier molecular flexibility index (Phi) is 3.57. The first-order valence-corrected chi connectivity index (χ1v) is 6.12. The Bertz CT molecular complexity index is 602. The minimum absolute atomic E-state index is 0.356. The Morgan fingerprint density at radius 2 is 1.89 bits per heavy atom. The maximum Gasteiger partial charge on any atom is 0.416 e. The van der Waals surface area contributed by atoms with Gasteiger partial charge in [0, 0.05) is 10.9 Å². The van der Waals surface area contributed by atoms with Crippen LogP contribution in [0.1, 0.15) is 18.2 Å². The highest BCUT2D eigenvalue weighted by Crippen LogP contribution is 2.31. The van der Waals surface area contributed by atoms with Crippen molar-refractivity contribution in [2.24, 2.45) is 5.16 Å². The molecule has 7 heteroatoms. The molecule has 0 saturated carbocycles. The van der Waals surface area contributed by atoms with E-state index in [2.05, 4.69) is 10.1 Å². The highest BCUT2D eigenvalue weighted by Gasteiger charge is 2.30. The molecule has 0 amide bonds. The largest absolute Gasteiger partial charge is 0.416 e. The van der Waals surface area contributed by atoms with E-state index in [4.69, 9.17) is 5.21 Å². The summed E-state index contributed by atoms with van der Waals surface area (Å²) in [5.74, 6) is 0. The molecule has 0 atom stereocenters. The van der Waals surface area contributed by atoms with Crippen molar-refractivity contribution in [2.75, 3.05) is 0 Å². The van der Waals surface area contributed by atoms with Crippen molar-refractivity contribution in [1.29, 1.82) is 0 Å². The molecule has 0 aliphatic rings. The van der Waals surface area contributed by atoms with Crippen molar-refractivity contribution in [3.63, 3.8) is 0 Å². The first-order valence-electron chi connectivity index (χ1n) is 5.24. The topological polar surface area (TPSA) is 45.5 Å². The van der Waals surface area contributed by atoms with Crippen LogP contribution >= 0.6 is 11.3 Å². The molecule has 2 aromatic rings. The highest BCUT2D eigenvalue weighted by molar-refractivity contribution is 7.13. The zero-order valence-electron chi connectivity index (χ0n) is 9.77. The van der Waals surface area contributed by atoms with Crippen LogP contribution in [0, 0.1) is 0 Å². The van der Waals surface area contributed by atoms with E-state index in [-0.39, 0.29) is 0 Å². The Morgan fingerprint density at radius 1 is 1.26 bits per heavy atom. The Labute approximate surface area is 111 Å². The fraction of sp³-hybridized carbons (Fsp3) is 0.167. The van der Waals surface area contributed by atoms with Crippen LogP contribution in [-0.4, -0.2) is 15.9 Å². The first-order chi connectivity index (χ1) is 8.91. The zero-order valence-corrected chi connectivity index (χ0v) is 10.6. The van der Waals surface area contributed by atoms with E-state index in [1.807, 2.05) is 0 Å². The Morgan fingerprint density at radius 3 is 2.42 bits per heavy atom. The fourth-order valence-electron chi connectivity index (χ4n) is 1.43. The summed E-state index contributed by atoms with van der Waals surface area (Å²) in [6, 6.07) is 4.78. The van der Waals surface area contributed by atoms with Crippen LogP contribution in [0.5, 0.6) is 0 Å². The average Bonchev–Trinajstić information content (AvgIpc) is 2.86. The van der Waals surface area contributed by atoms with Gasteiger partial charge in [0.15, 0.2) is 0 Å². The standard InChI is InChI=1S/C12H9F3N2OS/c1-7(17-18)10-6-19-11(16-10)8-2-4-9(5-3-8)12(13,14)15/h2-6,18H,1H3/b17-7+. The van der Waals surface area contributed by atoms with E-state index in [0.717, 1.165) is 12.1 Å². The molecule has 0 unspecified atom stereocenters. The smallest absolute Gasteiger partial charge is 0.411 e. The predicted octanol–water partition coefficient (Wildman–Crippen LogP) is 4.03. The highest BCUT2D eigenvalue weighted by atomic mass is 32.1. The minimum atomic E-state index is -4.34. The van der Waals surface area contributed by atoms with Gasteiger partial charge in [-0.2, -0.15) is 13.2 Å². The summed E-state index contributed by atoms with van der Waals surface area (Å²) >= 11 is 1.28. The number of hydrogen-bond acceptors (Lipinski definition) is 4. The van der Waals surface area contributed by atoms with Gasteiger partial charge in [0.1, 0.15) is 10.7 Å². The quantitative estimate of drug-likeness (QED) is 0.514. The zero-order chi connectivity index (χ0) is 14.0. The van der Waals surface area contributed by atoms with Gasteiger partial charge in [0.05, 0.1) is 11.3 Å². The molecular weight excluding hydrogens is 277 g/mol. The van der Waals surface area contributed by atoms with Gasteiger partial charge in [-0.3, -0.25) is 0 Å². The van der Waals surface area contributed by atoms with Crippen LogP contribution in [0.2, 0.25) is 0 Å². The molecule has 0 fully saturated rings. The second-order valence-corrected chi connectivity index (χ2v) is 4.66. The van der Waals surface area contributed by atoms with Crippen LogP contribution in [0.3, 0.4) is 0 Å². The van der Waals surface area contributed by atoms with E-state index >= 15 is 0 Å². The van der Waals surface area contributed by atoms with Crippen LogP contribution < -0.4 is 0 Å². The van der Waals surface area contributed by atoms with Crippen molar-refractivity contribution >= 4 is 17.0 Å². The number of nitrogens with zero attached hydrogens (tertiary/aromatic N) is 2. The molecule has 0 spiro atoms. The first kappa shape index (κ1) is 13.5. The van der Waals surface area contributed by atoms with Crippen LogP contribution in [0.15, 0.2) is 34.8 Å². The molecule has 19 heavy (non-hydrogen) atoms. The molecule has 0 aliphatic carbocycles. The molecular formula is C12H9F3N2OS. The number of halogens is 3. The Balaban J connectivity index is 2.30. The summed E-state index contributed by atoms with van der Waals surface area (Å²) in [5.41, 5.74) is 0.757.